The molecule has 0 bridgehead atoms. The maximum Gasteiger partial charge on any atom is 0.417 e. The van der Waals surface area contributed by atoms with E-state index in [0.29, 0.717) is 5.56 Å². The number of benzene rings is 2. The molecule has 148 valence electrons. The van der Waals surface area contributed by atoms with Crippen LogP contribution in [-0.4, -0.2) is 33.7 Å². The third kappa shape index (κ3) is 6.72. The molecule has 0 aliphatic carbocycles. The van der Waals surface area contributed by atoms with Gasteiger partial charge in [-0.1, -0.05) is 42.3 Å². The SMILES string of the molecule is CS(=O)(=O)NCCNC(=O)C#Cc1ccc(-c2ccccc2)c(C(F)(F)F)c1. The maximum absolute atomic E-state index is 13.4. The molecule has 0 radical (unpaired) electrons. The van der Waals surface area contributed by atoms with Crippen LogP contribution in [0.4, 0.5) is 13.2 Å². The van der Waals surface area contributed by atoms with Crippen molar-refractivity contribution in [3.8, 4) is 23.0 Å². The fraction of sp³-hybridized carbons (Fsp3) is 0.211. The number of carbonyl (C=O) groups is 1. The molecule has 2 aromatic rings. The Morgan fingerprint density at radius 2 is 1.75 bits per heavy atom. The highest BCUT2D eigenvalue weighted by molar-refractivity contribution is 7.88. The van der Waals surface area contributed by atoms with E-state index in [4.69, 9.17) is 0 Å². The predicted molar refractivity (Wildman–Crippen MR) is 99.6 cm³/mol. The highest BCUT2D eigenvalue weighted by atomic mass is 32.2. The molecule has 0 spiro atoms. The van der Waals surface area contributed by atoms with Gasteiger partial charge in [0.2, 0.25) is 10.0 Å². The van der Waals surface area contributed by atoms with Crippen molar-refractivity contribution in [1.82, 2.24) is 10.0 Å². The number of hydrogen-bond donors (Lipinski definition) is 2. The average molecular weight is 410 g/mol. The standard InChI is InChI=1S/C19H17F3N2O3S/c1-28(26,27)24-12-11-23-18(25)10-8-14-7-9-16(15-5-3-2-4-6-15)17(13-14)19(20,21)22/h2-7,9,13,24H,11-12H2,1H3,(H,23,25). The van der Waals surface area contributed by atoms with Crippen molar-refractivity contribution < 1.29 is 26.4 Å². The van der Waals surface area contributed by atoms with Crippen LogP contribution in [0.25, 0.3) is 11.1 Å². The Balaban J connectivity index is 2.15. The summed E-state index contributed by atoms with van der Waals surface area (Å²) < 4.78 is 64.2. The molecule has 0 atom stereocenters. The molecule has 5 nitrogen and oxygen atoms in total. The van der Waals surface area contributed by atoms with E-state index in [1.807, 2.05) is 0 Å². The van der Waals surface area contributed by atoms with Gasteiger partial charge < -0.3 is 5.32 Å². The van der Waals surface area contributed by atoms with Gasteiger partial charge in [0.05, 0.1) is 11.8 Å². The fourth-order valence-electron chi connectivity index (χ4n) is 2.31. The maximum atomic E-state index is 13.4. The van der Waals surface area contributed by atoms with E-state index in [-0.39, 0.29) is 24.2 Å². The van der Waals surface area contributed by atoms with Crippen LogP contribution in [0.5, 0.6) is 0 Å². The molecule has 2 rings (SSSR count). The zero-order valence-corrected chi connectivity index (χ0v) is 15.6. The second-order valence-corrected chi connectivity index (χ2v) is 7.63. The summed E-state index contributed by atoms with van der Waals surface area (Å²) in [6, 6.07) is 11.8. The van der Waals surface area contributed by atoms with Gasteiger partial charge in [-0.3, -0.25) is 4.79 Å². The Kier molecular flexibility index (Phi) is 6.83. The van der Waals surface area contributed by atoms with Gasteiger partial charge in [0, 0.05) is 24.6 Å². The Labute approximate surface area is 161 Å². The molecule has 2 aromatic carbocycles. The first kappa shape index (κ1) is 21.5. The largest absolute Gasteiger partial charge is 0.417 e. The summed E-state index contributed by atoms with van der Waals surface area (Å²) in [7, 11) is -3.37. The molecule has 28 heavy (non-hydrogen) atoms. The first-order valence-corrected chi connectivity index (χ1v) is 9.96. The van der Waals surface area contributed by atoms with Crippen LogP contribution in [0.1, 0.15) is 11.1 Å². The number of amides is 1. The predicted octanol–water partition coefficient (Wildman–Crippen LogP) is 2.39. The van der Waals surface area contributed by atoms with Crippen molar-refractivity contribution in [2.75, 3.05) is 19.3 Å². The van der Waals surface area contributed by atoms with Crippen LogP contribution in [0.15, 0.2) is 48.5 Å². The lowest BCUT2D eigenvalue weighted by Crippen LogP contribution is -2.33. The molecule has 9 heteroatoms. The zero-order valence-electron chi connectivity index (χ0n) is 14.8. The van der Waals surface area contributed by atoms with E-state index >= 15 is 0 Å². The van der Waals surface area contributed by atoms with E-state index in [1.54, 1.807) is 30.3 Å². The van der Waals surface area contributed by atoms with Crippen LogP contribution in [0, 0.1) is 11.8 Å². The summed E-state index contributed by atoms with van der Waals surface area (Å²) in [5, 5.41) is 2.35. The molecule has 0 saturated carbocycles. The molecule has 0 unspecified atom stereocenters. The second-order valence-electron chi connectivity index (χ2n) is 5.80. The van der Waals surface area contributed by atoms with Gasteiger partial charge >= 0.3 is 6.18 Å². The van der Waals surface area contributed by atoms with Crippen LogP contribution in [0.2, 0.25) is 0 Å². The Bertz CT molecular complexity index is 1010. The summed E-state index contributed by atoms with van der Waals surface area (Å²) in [5.74, 6) is 3.86. The molecule has 0 aromatic heterocycles. The molecule has 2 N–H and O–H groups in total. The smallest absolute Gasteiger partial charge is 0.344 e. The summed E-state index contributed by atoms with van der Waals surface area (Å²) in [6.45, 7) is -0.0163. The second kappa shape index (κ2) is 8.91. The monoisotopic (exact) mass is 410 g/mol. The lowest BCUT2D eigenvalue weighted by molar-refractivity contribution is -0.137. The van der Waals surface area contributed by atoms with Crippen molar-refractivity contribution >= 4 is 15.9 Å². The van der Waals surface area contributed by atoms with Crippen molar-refractivity contribution in [3.05, 3.63) is 59.7 Å². The number of sulfonamides is 1. The third-order valence-electron chi connectivity index (χ3n) is 3.50. The van der Waals surface area contributed by atoms with Gasteiger partial charge in [-0.05, 0) is 23.3 Å². The molecule has 0 saturated heterocycles. The molecule has 0 aliphatic rings. The minimum atomic E-state index is -4.58. The van der Waals surface area contributed by atoms with E-state index in [0.717, 1.165) is 12.3 Å². The van der Waals surface area contributed by atoms with Crippen molar-refractivity contribution in [1.29, 1.82) is 0 Å². The molecule has 0 aliphatic heterocycles. The highest BCUT2D eigenvalue weighted by Gasteiger charge is 2.33. The summed E-state index contributed by atoms with van der Waals surface area (Å²) in [4.78, 5) is 11.6. The number of hydrogen-bond acceptors (Lipinski definition) is 3. The third-order valence-corrected chi connectivity index (χ3v) is 4.23. The van der Waals surface area contributed by atoms with Gasteiger partial charge in [-0.25, -0.2) is 13.1 Å². The number of alkyl halides is 3. The highest BCUT2D eigenvalue weighted by Crippen LogP contribution is 2.37. The first-order valence-electron chi connectivity index (χ1n) is 8.07. The fourth-order valence-corrected chi connectivity index (χ4v) is 2.78. The van der Waals surface area contributed by atoms with E-state index < -0.39 is 27.7 Å². The van der Waals surface area contributed by atoms with Gasteiger partial charge in [-0.15, -0.1) is 0 Å². The quantitative estimate of drug-likeness (QED) is 0.587. The van der Waals surface area contributed by atoms with Gasteiger partial charge in [0.1, 0.15) is 0 Å². The van der Waals surface area contributed by atoms with Crippen molar-refractivity contribution in [2.45, 2.75) is 6.18 Å². The average Bonchev–Trinajstić information content (AvgIpc) is 2.62. The molecular weight excluding hydrogens is 393 g/mol. The number of nitrogens with one attached hydrogen (secondary N) is 2. The topological polar surface area (TPSA) is 75.3 Å². The number of rotatable bonds is 5. The lowest BCUT2D eigenvalue weighted by atomic mass is 9.97. The van der Waals surface area contributed by atoms with Crippen LogP contribution in [-0.2, 0) is 21.0 Å². The van der Waals surface area contributed by atoms with Crippen LogP contribution in [0.3, 0.4) is 0 Å². The normalized spacial score (nSPS) is 11.4. The Hall–Kier alpha value is -2.83. The van der Waals surface area contributed by atoms with Crippen molar-refractivity contribution in [3.63, 3.8) is 0 Å². The van der Waals surface area contributed by atoms with Gasteiger partial charge in [-0.2, -0.15) is 13.2 Å². The van der Waals surface area contributed by atoms with Gasteiger partial charge in [0.15, 0.2) is 0 Å². The van der Waals surface area contributed by atoms with Crippen LogP contribution < -0.4 is 10.0 Å². The lowest BCUT2D eigenvalue weighted by Gasteiger charge is -2.13. The summed E-state index contributed by atoms with van der Waals surface area (Å²) in [6.07, 6.45) is -3.60. The summed E-state index contributed by atoms with van der Waals surface area (Å²) in [5.41, 5.74) is -0.361. The van der Waals surface area contributed by atoms with E-state index in [2.05, 4.69) is 21.9 Å². The number of halogens is 3. The molecule has 1 amide bonds. The van der Waals surface area contributed by atoms with E-state index in [9.17, 15) is 26.4 Å². The summed E-state index contributed by atoms with van der Waals surface area (Å²) >= 11 is 0. The molecule has 0 heterocycles. The first-order chi connectivity index (χ1) is 13.1. The van der Waals surface area contributed by atoms with Crippen molar-refractivity contribution in [2.24, 2.45) is 0 Å². The molecule has 0 fully saturated rings. The van der Waals surface area contributed by atoms with Gasteiger partial charge in [0.25, 0.3) is 5.91 Å². The number of carbonyl (C=O) groups excluding carboxylic acids is 1. The zero-order chi connectivity index (χ0) is 20.8. The molecular formula is C19H17F3N2O3S. The Morgan fingerprint density at radius 3 is 2.36 bits per heavy atom. The minimum Gasteiger partial charge on any atom is -0.344 e. The minimum absolute atomic E-state index is 0.00132. The van der Waals surface area contributed by atoms with E-state index in [1.165, 1.54) is 12.1 Å². The van der Waals surface area contributed by atoms with Crippen LogP contribution >= 0.6 is 0 Å². The Morgan fingerprint density at radius 1 is 1.07 bits per heavy atom.